The molecule has 0 bridgehead atoms. The van der Waals surface area contributed by atoms with Crippen molar-refractivity contribution in [3.05, 3.63) is 92.4 Å². The molecule has 0 aliphatic carbocycles. The van der Waals surface area contributed by atoms with Crippen molar-refractivity contribution in [3.63, 3.8) is 0 Å². The molecule has 1 heterocycles. The summed E-state index contributed by atoms with van der Waals surface area (Å²) in [5, 5.41) is 18.4. The summed E-state index contributed by atoms with van der Waals surface area (Å²) in [6.45, 7) is 1.82. The van der Waals surface area contributed by atoms with Gasteiger partial charge >= 0.3 is 0 Å². The molecule has 0 aliphatic rings. The van der Waals surface area contributed by atoms with E-state index in [0.29, 0.717) is 21.7 Å². The van der Waals surface area contributed by atoms with Gasteiger partial charge in [0.15, 0.2) is 5.78 Å². The molecule has 3 aromatic rings. The highest BCUT2D eigenvalue weighted by Crippen LogP contribution is 2.22. The van der Waals surface area contributed by atoms with Crippen molar-refractivity contribution in [2.45, 2.75) is 6.92 Å². The van der Waals surface area contributed by atoms with Crippen LogP contribution in [-0.2, 0) is 0 Å². The summed E-state index contributed by atoms with van der Waals surface area (Å²) >= 11 is 1.34. The van der Waals surface area contributed by atoms with Crippen molar-refractivity contribution in [1.82, 2.24) is 4.98 Å². The van der Waals surface area contributed by atoms with E-state index in [2.05, 4.69) is 17.1 Å². The third-order valence-corrected chi connectivity index (χ3v) is 5.10. The second kappa shape index (κ2) is 8.73. The van der Waals surface area contributed by atoms with Crippen LogP contribution in [0.3, 0.4) is 0 Å². The van der Waals surface area contributed by atoms with Gasteiger partial charge in [-0.05, 0) is 54.5 Å². The molecule has 5 heteroatoms. The van der Waals surface area contributed by atoms with Crippen LogP contribution in [0.2, 0.25) is 0 Å². The molecule has 0 spiro atoms. The Morgan fingerprint density at radius 1 is 0.893 bits per heavy atom. The van der Waals surface area contributed by atoms with E-state index >= 15 is 0 Å². The normalized spacial score (nSPS) is 10.8. The topological polar surface area (TPSA) is 77.5 Å². The summed E-state index contributed by atoms with van der Waals surface area (Å²) < 4.78 is 0. The molecule has 1 aromatic heterocycles. The summed E-state index contributed by atoms with van der Waals surface area (Å²) in [5.74, 6) is -0.0996. The van der Waals surface area contributed by atoms with Crippen LogP contribution in [-0.4, -0.2) is 10.8 Å². The van der Waals surface area contributed by atoms with Crippen molar-refractivity contribution < 1.29 is 4.79 Å². The van der Waals surface area contributed by atoms with E-state index in [9.17, 15) is 4.79 Å². The highest BCUT2D eigenvalue weighted by Gasteiger charge is 2.11. The Kier molecular flexibility index (Phi) is 5.91. The first-order valence-electron chi connectivity index (χ1n) is 8.47. The molecule has 3 rings (SSSR count). The molecule has 0 aliphatic heterocycles. The molecule has 0 saturated carbocycles. The predicted molar refractivity (Wildman–Crippen MR) is 111 cm³/mol. The Morgan fingerprint density at radius 3 is 1.96 bits per heavy atom. The van der Waals surface area contributed by atoms with Crippen molar-refractivity contribution in [1.29, 1.82) is 10.5 Å². The first-order chi connectivity index (χ1) is 13.6. The number of thiazole rings is 1. The van der Waals surface area contributed by atoms with Gasteiger partial charge in [-0.1, -0.05) is 36.4 Å². The summed E-state index contributed by atoms with van der Waals surface area (Å²) in [5.41, 5.74) is 3.71. The average molecular weight is 381 g/mol. The fourth-order valence-corrected chi connectivity index (χ4v) is 3.36. The van der Waals surface area contributed by atoms with Gasteiger partial charge in [0, 0.05) is 0 Å². The Hall–Kier alpha value is -3.80. The van der Waals surface area contributed by atoms with Crippen molar-refractivity contribution in [3.8, 4) is 12.1 Å². The first kappa shape index (κ1) is 19.0. The van der Waals surface area contributed by atoms with E-state index in [1.807, 2.05) is 31.2 Å². The fraction of sp³-hybridized carbons (Fsp3) is 0.0435. The predicted octanol–water partition coefficient (Wildman–Crippen LogP) is 5.26. The third kappa shape index (κ3) is 4.67. The number of aryl methyl sites for hydroxylation is 1. The molecule has 2 aromatic carbocycles. The van der Waals surface area contributed by atoms with Crippen LogP contribution in [0.15, 0.2) is 54.6 Å². The summed E-state index contributed by atoms with van der Waals surface area (Å²) in [6.07, 6.45) is 7.02. The van der Waals surface area contributed by atoms with Gasteiger partial charge < -0.3 is 0 Å². The van der Waals surface area contributed by atoms with E-state index in [0.717, 1.165) is 16.1 Å². The smallest absolute Gasteiger partial charge is 0.197 e. The number of hydrogen-bond acceptors (Lipinski definition) is 5. The standard InChI is InChI=1S/C23H15N3OS/c1-16-23(21(27)12-10-17-2-6-19(14-24)7-3-17)28-22(26-16)13-11-18-4-8-20(15-25)9-5-18/h2-13H,1H3/b12-10+,13-11-. The molecular formula is C23H15N3OS. The van der Waals surface area contributed by atoms with Gasteiger partial charge in [0.1, 0.15) is 5.01 Å². The zero-order valence-electron chi connectivity index (χ0n) is 15.1. The van der Waals surface area contributed by atoms with Crippen LogP contribution in [0.5, 0.6) is 0 Å². The number of ketones is 1. The van der Waals surface area contributed by atoms with Gasteiger partial charge in [0.25, 0.3) is 0 Å². The van der Waals surface area contributed by atoms with E-state index in [1.54, 1.807) is 42.5 Å². The Balaban J connectivity index is 1.72. The van der Waals surface area contributed by atoms with Crippen molar-refractivity contribution >= 4 is 35.3 Å². The van der Waals surface area contributed by atoms with E-state index < -0.39 is 0 Å². The minimum atomic E-state index is -0.0996. The van der Waals surface area contributed by atoms with Gasteiger partial charge in [-0.2, -0.15) is 10.5 Å². The number of nitriles is 2. The van der Waals surface area contributed by atoms with Crippen molar-refractivity contribution in [2.24, 2.45) is 0 Å². The van der Waals surface area contributed by atoms with Crippen LogP contribution in [0.1, 0.15) is 42.6 Å². The number of carbonyl (C=O) groups excluding carboxylic acids is 1. The minimum Gasteiger partial charge on any atom is -0.288 e. The number of carbonyl (C=O) groups is 1. The number of allylic oxidation sites excluding steroid dienone is 1. The lowest BCUT2D eigenvalue weighted by molar-refractivity contribution is 0.105. The molecule has 134 valence electrons. The number of nitrogens with zero attached hydrogens (tertiary/aromatic N) is 3. The number of rotatable bonds is 5. The molecule has 0 fully saturated rings. The minimum absolute atomic E-state index is 0.0996. The van der Waals surface area contributed by atoms with E-state index in [4.69, 9.17) is 10.5 Å². The van der Waals surface area contributed by atoms with E-state index in [-0.39, 0.29) is 5.78 Å². The van der Waals surface area contributed by atoms with Crippen LogP contribution >= 0.6 is 11.3 Å². The number of hydrogen-bond donors (Lipinski definition) is 0. The Labute approximate surface area is 167 Å². The third-order valence-electron chi connectivity index (χ3n) is 3.96. The van der Waals surface area contributed by atoms with Gasteiger partial charge in [-0.3, -0.25) is 4.79 Å². The molecule has 0 amide bonds. The molecular weight excluding hydrogens is 366 g/mol. The average Bonchev–Trinajstić information content (AvgIpc) is 3.12. The van der Waals surface area contributed by atoms with Gasteiger partial charge in [-0.15, -0.1) is 11.3 Å². The second-order valence-electron chi connectivity index (χ2n) is 5.97. The van der Waals surface area contributed by atoms with Crippen molar-refractivity contribution in [2.75, 3.05) is 0 Å². The summed E-state index contributed by atoms with van der Waals surface area (Å²) in [7, 11) is 0. The van der Waals surface area contributed by atoms with Gasteiger partial charge in [0.2, 0.25) is 0 Å². The first-order valence-corrected chi connectivity index (χ1v) is 9.29. The molecule has 0 N–H and O–H groups in total. The SMILES string of the molecule is Cc1nc(/C=C\c2ccc(C#N)cc2)sc1C(=O)/C=C/c1ccc(C#N)cc1. The fourth-order valence-electron chi connectivity index (χ4n) is 2.47. The molecule has 0 radical (unpaired) electrons. The zero-order valence-corrected chi connectivity index (χ0v) is 15.9. The highest BCUT2D eigenvalue weighted by molar-refractivity contribution is 7.14. The zero-order chi connectivity index (χ0) is 19.9. The van der Waals surface area contributed by atoms with Crippen LogP contribution in [0.4, 0.5) is 0 Å². The maximum absolute atomic E-state index is 12.5. The van der Waals surface area contributed by atoms with Crippen LogP contribution in [0.25, 0.3) is 18.2 Å². The quantitative estimate of drug-likeness (QED) is 0.446. The molecule has 0 saturated heterocycles. The molecule has 28 heavy (non-hydrogen) atoms. The van der Waals surface area contributed by atoms with Crippen LogP contribution in [0, 0.1) is 29.6 Å². The Bertz CT molecular complexity index is 1140. The van der Waals surface area contributed by atoms with Gasteiger partial charge in [-0.25, -0.2) is 4.98 Å². The molecule has 0 atom stereocenters. The lowest BCUT2D eigenvalue weighted by Crippen LogP contribution is -1.93. The van der Waals surface area contributed by atoms with E-state index in [1.165, 1.54) is 17.4 Å². The molecule has 0 unspecified atom stereocenters. The summed E-state index contributed by atoms with van der Waals surface area (Å²) in [4.78, 5) is 17.5. The maximum atomic E-state index is 12.5. The summed E-state index contributed by atoms with van der Waals surface area (Å²) in [6, 6.07) is 18.4. The van der Waals surface area contributed by atoms with Gasteiger partial charge in [0.05, 0.1) is 33.8 Å². The maximum Gasteiger partial charge on any atom is 0.197 e. The molecule has 4 nitrogen and oxygen atoms in total. The monoisotopic (exact) mass is 381 g/mol. The lowest BCUT2D eigenvalue weighted by Gasteiger charge is -1.94. The second-order valence-corrected chi connectivity index (χ2v) is 7.00. The largest absolute Gasteiger partial charge is 0.288 e. The lowest BCUT2D eigenvalue weighted by atomic mass is 10.1. The number of benzene rings is 2. The van der Waals surface area contributed by atoms with Crippen LogP contribution < -0.4 is 0 Å². The number of aromatic nitrogens is 1. The highest BCUT2D eigenvalue weighted by atomic mass is 32.1. The Morgan fingerprint density at radius 2 is 1.43 bits per heavy atom.